The Morgan fingerprint density at radius 1 is 1.03 bits per heavy atom. The molecule has 2 saturated heterocycles. The number of amides is 1. The molecule has 0 unspecified atom stereocenters. The lowest BCUT2D eigenvalue weighted by atomic mass is 9.90. The summed E-state index contributed by atoms with van der Waals surface area (Å²) >= 11 is 0. The first kappa shape index (κ1) is 22.2. The van der Waals surface area contributed by atoms with Crippen LogP contribution in [0.5, 0.6) is 0 Å². The Kier molecular flexibility index (Phi) is 7.02. The van der Waals surface area contributed by atoms with Gasteiger partial charge in [0, 0.05) is 38.3 Å². The van der Waals surface area contributed by atoms with Crippen LogP contribution in [0.2, 0.25) is 0 Å². The summed E-state index contributed by atoms with van der Waals surface area (Å²) in [6, 6.07) is 10.9. The van der Waals surface area contributed by atoms with E-state index in [0.717, 1.165) is 12.8 Å². The number of piperidine rings is 1. The molecule has 2 aliphatic rings. The van der Waals surface area contributed by atoms with Crippen molar-refractivity contribution in [2.45, 2.75) is 63.8 Å². The Balaban J connectivity index is 1.50. The zero-order chi connectivity index (χ0) is 21.2. The summed E-state index contributed by atoms with van der Waals surface area (Å²) in [6.45, 7) is 10.5. The van der Waals surface area contributed by atoms with Crippen molar-refractivity contribution in [3.8, 4) is 0 Å². The molecule has 3 rings (SSSR count). The second-order valence-corrected chi connectivity index (χ2v) is 11.1. The first-order valence-corrected chi connectivity index (χ1v) is 12.3. The maximum Gasteiger partial charge on any atom is 0.236 e. The van der Waals surface area contributed by atoms with Crippen molar-refractivity contribution in [2.75, 3.05) is 32.7 Å². The molecule has 0 spiro atoms. The minimum atomic E-state index is -3.33. The fraction of sp³-hybridized carbons (Fsp3) is 0.682. The standard InChI is InChI=1S/C22H35N3O3S/c1-17(2)25(18(3)4)16-22(26)23-14-21(15-23)29(27,28)24-12-10-20(11-13-24)19-8-6-5-7-9-19/h5-9,17-18,20-21H,10-16H2,1-4H3. The number of hydrogen-bond donors (Lipinski definition) is 0. The van der Waals surface area contributed by atoms with E-state index in [-0.39, 0.29) is 18.0 Å². The molecular formula is C22H35N3O3S. The van der Waals surface area contributed by atoms with E-state index >= 15 is 0 Å². The molecule has 2 heterocycles. The third-order valence-electron chi connectivity index (χ3n) is 6.35. The van der Waals surface area contributed by atoms with Crippen LogP contribution in [0.1, 0.15) is 52.0 Å². The number of benzene rings is 1. The average Bonchev–Trinajstić information content (AvgIpc) is 2.65. The van der Waals surface area contributed by atoms with Gasteiger partial charge in [-0.1, -0.05) is 30.3 Å². The number of hydrogen-bond acceptors (Lipinski definition) is 4. The monoisotopic (exact) mass is 421 g/mol. The molecule has 0 bridgehead atoms. The Hall–Kier alpha value is -1.44. The SMILES string of the molecule is CC(C)N(CC(=O)N1CC(S(=O)(=O)N2CCC(c3ccccc3)CC2)C1)C(C)C. The van der Waals surface area contributed by atoms with Gasteiger partial charge in [0.15, 0.2) is 0 Å². The van der Waals surface area contributed by atoms with Gasteiger partial charge in [-0.2, -0.15) is 0 Å². The minimum absolute atomic E-state index is 0.0293. The first-order valence-electron chi connectivity index (χ1n) is 10.8. The van der Waals surface area contributed by atoms with Crippen LogP contribution in [0.25, 0.3) is 0 Å². The molecule has 0 aliphatic carbocycles. The van der Waals surface area contributed by atoms with Crippen molar-refractivity contribution in [1.29, 1.82) is 0 Å². The van der Waals surface area contributed by atoms with Crippen molar-refractivity contribution < 1.29 is 13.2 Å². The normalized spacial score (nSPS) is 19.9. The van der Waals surface area contributed by atoms with Gasteiger partial charge in [-0.15, -0.1) is 0 Å². The van der Waals surface area contributed by atoms with Gasteiger partial charge >= 0.3 is 0 Å². The summed E-state index contributed by atoms with van der Waals surface area (Å²) in [4.78, 5) is 16.4. The molecule has 1 amide bonds. The Bertz CT molecular complexity index is 773. The topological polar surface area (TPSA) is 60.9 Å². The van der Waals surface area contributed by atoms with Gasteiger partial charge in [0.1, 0.15) is 5.25 Å². The fourth-order valence-corrected chi connectivity index (χ4v) is 6.31. The van der Waals surface area contributed by atoms with E-state index in [4.69, 9.17) is 0 Å². The summed E-state index contributed by atoms with van der Waals surface area (Å²) < 4.78 is 27.6. The van der Waals surface area contributed by atoms with E-state index < -0.39 is 15.3 Å². The second-order valence-electron chi connectivity index (χ2n) is 8.91. The van der Waals surface area contributed by atoms with Crippen LogP contribution in [0.15, 0.2) is 30.3 Å². The van der Waals surface area contributed by atoms with Crippen LogP contribution >= 0.6 is 0 Å². The van der Waals surface area contributed by atoms with E-state index in [0.29, 0.717) is 38.6 Å². The predicted octanol–water partition coefficient (Wildman–Crippen LogP) is 2.53. The van der Waals surface area contributed by atoms with E-state index in [2.05, 4.69) is 44.7 Å². The highest BCUT2D eigenvalue weighted by atomic mass is 32.2. The van der Waals surface area contributed by atoms with E-state index in [9.17, 15) is 13.2 Å². The summed E-state index contributed by atoms with van der Waals surface area (Å²) in [5.41, 5.74) is 1.30. The molecule has 0 aromatic heterocycles. The highest BCUT2D eigenvalue weighted by Crippen LogP contribution is 2.31. The van der Waals surface area contributed by atoms with Crippen LogP contribution in [0.4, 0.5) is 0 Å². The minimum Gasteiger partial charge on any atom is -0.339 e. The third kappa shape index (κ3) is 5.01. The molecule has 0 atom stereocenters. The van der Waals surface area contributed by atoms with Crippen molar-refractivity contribution >= 4 is 15.9 Å². The molecule has 6 nitrogen and oxygen atoms in total. The number of sulfonamides is 1. The Morgan fingerprint density at radius 2 is 1.59 bits per heavy atom. The fourth-order valence-electron chi connectivity index (χ4n) is 4.43. The first-order chi connectivity index (χ1) is 13.7. The summed E-state index contributed by atoms with van der Waals surface area (Å²) in [6.07, 6.45) is 1.71. The van der Waals surface area contributed by atoms with Gasteiger partial charge in [-0.05, 0) is 52.0 Å². The quantitative estimate of drug-likeness (QED) is 0.679. The molecule has 0 N–H and O–H groups in total. The van der Waals surface area contributed by atoms with Crippen LogP contribution < -0.4 is 0 Å². The Morgan fingerprint density at radius 3 is 2.10 bits per heavy atom. The number of rotatable bonds is 7. The largest absolute Gasteiger partial charge is 0.339 e. The van der Waals surface area contributed by atoms with Crippen LogP contribution in [0, 0.1) is 0 Å². The van der Waals surface area contributed by atoms with E-state index in [1.807, 2.05) is 18.2 Å². The zero-order valence-electron chi connectivity index (χ0n) is 18.1. The lowest BCUT2D eigenvalue weighted by molar-refractivity contribution is -0.136. The summed E-state index contributed by atoms with van der Waals surface area (Å²) in [5.74, 6) is 0.460. The third-order valence-corrected chi connectivity index (χ3v) is 8.58. The maximum absolute atomic E-state index is 13.0. The molecule has 2 fully saturated rings. The molecular weight excluding hydrogens is 386 g/mol. The maximum atomic E-state index is 13.0. The predicted molar refractivity (Wildman–Crippen MR) is 116 cm³/mol. The number of carbonyl (C=O) groups excluding carboxylic acids is 1. The van der Waals surface area contributed by atoms with Crippen LogP contribution in [-0.2, 0) is 14.8 Å². The molecule has 162 valence electrons. The molecule has 1 aromatic rings. The van der Waals surface area contributed by atoms with Crippen LogP contribution in [0.3, 0.4) is 0 Å². The number of likely N-dealkylation sites (tertiary alicyclic amines) is 1. The molecule has 7 heteroatoms. The average molecular weight is 422 g/mol. The molecule has 29 heavy (non-hydrogen) atoms. The van der Waals surface area contributed by atoms with Gasteiger partial charge < -0.3 is 4.90 Å². The summed E-state index contributed by atoms with van der Waals surface area (Å²) in [7, 11) is -3.33. The molecule has 2 aliphatic heterocycles. The van der Waals surface area contributed by atoms with Gasteiger partial charge in [0.2, 0.25) is 15.9 Å². The molecule has 1 aromatic carbocycles. The van der Waals surface area contributed by atoms with Gasteiger partial charge in [0.05, 0.1) is 6.54 Å². The Labute approximate surface area is 175 Å². The van der Waals surface area contributed by atoms with Crippen molar-refractivity contribution in [2.24, 2.45) is 0 Å². The van der Waals surface area contributed by atoms with Crippen LogP contribution in [-0.4, -0.2) is 78.5 Å². The highest BCUT2D eigenvalue weighted by molar-refractivity contribution is 7.89. The van der Waals surface area contributed by atoms with Gasteiger partial charge in [0.25, 0.3) is 0 Å². The molecule has 0 saturated carbocycles. The van der Waals surface area contributed by atoms with Crippen molar-refractivity contribution in [3.05, 3.63) is 35.9 Å². The lowest BCUT2D eigenvalue weighted by Gasteiger charge is -2.43. The smallest absolute Gasteiger partial charge is 0.236 e. The van der Waals surface area contributed by atoms with E-state index in [1.54, 1.807) is 9.21 Å². The van der Waals surface area contributed by atoms with Gasteiger partial charge in [-0.3, -0.25) is 9.69 Å². The van der Waals surface area contributed by atoms with Crippen molar-refractivity contribution in [3.63, 3.8) is 0 Å². The van der Waals surface area contributed by atoms with Gasteiger partial charge in [-0.25, -0.2) is 12.7 Å². The lowest BCUT2D eigenvalue weighted by Crippen LogP contribution is -2.62. The zero-order valence-corrected chi connectivity index (χ0v) is 18.9. The summed E-state index contributed by atoms with van der Waals surface area (Å²) in [5, 5.41) is -0.453. The molecule has 0 radical (unpaired) electrons. The highest BCUT2D eigenvalue weighted by Gasteiger charge is 2.43. The van der Waals surface area contributed by atoms with Crippen molar-refractivity contribution in [1.82, 2.24) is 14.1 Å². The van der Waals surface area contributed by atoms with E-state index in [1.165, 1.54) is 5.56 Å². The number of nitrogens with zero attached hydrogens (tertiary/aromatic N) is 3. The number of carbonyl (C=O) groups is 1. The second kappa shape index (κ2) is 9.14.